The molecule has 0 saturated heterocycles. The van der Waals surface area contributed by atoms with Crippen LogP contribution in [0, 0.1) is 18.3 Å². The van der Waals surface area contributed by atoms with Gasteiger partial charge in [0.2, 0.25) is 0 Å². The molecule has 0 aliphatic carbocycles. The average molecular weight is 347 g/mol. The quantitative estimate of drug-likeness (QED) is 0.657. The van der Waals surface area contributed by atoms with Gasteiger partial charge in [-0.15, -0.1) is 0 Å². The Kier molecular flexibility index (Phi) is 5.19. The molecule has 0 aliphatic rings. The normalized spacial score (nSPS) is 10.2. The predicted octanol–water partition coefficient (Wildman–Crippen LogP) is 1.68. The largest absolute Gasteiger partial charge is 0.368 e. The molecule has 0 bridgehead atoms. The summed E-state index contributed by atoms with van der Waals surface area (Å²) in [5.41, 5.74) is 0.918. The highest BCUT2D eigenvalue weighted by Gasteiger charge is 2.06. The molecule has 0 radical (unpaired) electrons. The van der Waals surface area contributed by atoms with Crippen molar-refractivity contribution >= 4 is 11.7 Å². The fourth-order valence-corrected chi connectivity index (χ4v) is 2.36. The van der Waals surface area contributed by atoms with Crippen molar-refractivity contribution < 1.29 is 4.79 Å². The minimum absolute atomic E-state index is 0.222. The number of anilines is 1. The SMILES string of the molecule is Cc1nc(NCCNC(=O)c2cccc(C#N)c2)cc(-n2cccn2)n1. The molecule has 0 atom stereocenters. The molecular formula is C18H17N7O. The fourth-order valence-electron chi connectivity index (χ4n) is 2.36. The lowest BCUT2D eigenvalue weighted by Crippen LogP contribution is -2.29. The Morgan fingerprint density at radius 3 is 2.88 bits per heavy atom. The van der Waals surface area contributed by atoms with E-state index in [1.54, 1.807) is 47.4 Å². The maximum atomic E-state index is 12.1. The standard InChI is InChI=1S/C18H17N7O/c1-13-23-16(11-17(24-13)25-9-3-6-22-25)20-7-8-21-18(26)15-5-2-4-14(10-15)12-19/h2-6,9-11H,7-8H2,1H3,(H,21,26)(H,20,23,24). The Morgan fingerprint density at radius 1 is 1.23 bits per heavy atom. The number of rotatable bonds is 6. The number of nitrogens with zero attached hydrogens (tertiary/aromatic N) is 5. The number of amides is 1. The van der Waals surface area contributed by atoms with Crippen LogP contribution in [0.15, 0.2) is 48.8 Å². The van der Waals surface area contributed by atoms with Crippen LogP contribution < -0.4 is 10.6 Å². The van der Waals surface area contributed by atoms with Crippen LogP contribution in [0.5, 0.6) is 0 Å². The molecule has 130 valence electrons. The summed E-state index contributed by atoms with van der Waals surface area (Å²) in [5.74, 6) is 1.73. The number of hydrogen-bond donors (Lipinski definition) is 2. The number of carbonyl (C=O) groups excluding carboxylic acids is 1. The maximum Gasteiger partial charge on any atom is 0.251 e. The highest BCUT2D eigenvalue weighted by atomic mass is 16.1. The highest BCUT2D eigenvalue weighted by molar-refractivity contribution is 5.94. The molecular weight excluding hydrogens is 330 g/mol. The first kappa shape index (κ1) is 17.1. The second-order valence-electron chi connectivity index (χ2n) is 5.48. The van der Waals surface area contributed by atoms with Crippen LogP contribution in [0.25, 0.3) is 5.82 Å². The molecule has 26 heavy (non-hydrogen) atoms. The molecule has 8 heteroatoms. The van der Waals surface area contributed by atoms with E-state index in [1.165, 1.54) is 0 Å². The van der Waals surface area contributed by atoms with Gasteiger partial charge < -0.3 is 10.6 Å². The zero-order valence-corrected chi connectivity index (χ0v) is 14.2. The van der Waals surface area contributed by atoms with Gasteiger partial charge in [0.05, 0.1) is 11.6 Å². The lowest BCUT2D eigenvalue weighted by molar-refractivity contribution is 0.0955. The molecule has 2 N–H and O–H groups in total. The van der Waals surface area contributed by atoms with Crippen LogP contribution in [-0.4, -0.2) is 38.7 Å². The van der Waals surface area contributed by atoms with Crippen LogP contribution in [-0.2, 0) is 0 Å². The van der Waals surface area contributed by atoms with Gasteiger partial charge >= 0.3 is 0 Å². The molecule has 1 aromatic carbocycles. The van der Waals surface area contributed by atoms with E-state index >= 15 is 0 Å². The third-order valence-corrected chi connectivity index (χ3v) is 3.53. The molecule has 2 heterocycles. The lowest BCUT2D eigenvalue weighted by Gasteiger charge is -2.09. The first-order valence-corrected chi connectivity index (χ1v) is 8.03. The molecule has 0 spiro atoms. The Bertz CT molecular complexity index is 944. The molecule has 2 aromatic heterocycles. The van der Waals surface area contributed by atoms with Gasteiger partial charge in [0.15, 0.2) is 5.82 Å². The van der Waals surface area contributed by atoms with Gasteiger partial charge in [-0.25, -0.2) is 14.6 Å². The summed E-state index contributed by atoms with van der Waals surface area (Å²) < 4.78 is 1.66. The number of nitriles is 1. The second-order valence-corrected chi connectivity index (χ2v) is 5.48. The zero-order valence-electron chi connectivity index (χ0n) is 14.2. The van der Waals surface area contributed by atoms with Crippen molar-refractivity contribution in [2.75, 3.05) is 18.4 Å². The summed E-state index contributed by atoms with van der Waals surface area (Å²) in [6.07, 6.45) is 3.49. The van der Waals surface area contributed by atoms with Crippen molar-refractivity contribution in [3.63, 3.8) is 0 Å². The van der Waals surface area contributed by atoms with Gasteiger partial charge in [-0.1, -0.05) is 6.07 Å². The van der Waals surface area contributed by atoms with Crippen LogP contribution in [0.2, 0.25) is 0 Å². The summed E-state index contributed by atoms with van der Waals surface area (Å²) in [6.45, 7) is 2.72. The van der Waals surface area contributed by atoms with E-state index in [4.69, 9.17) is 5.26 Å². The van der Waals surface area contributed by atoms with E-state index in [2.05, 4.69) is 25.7 Å². The van der Waals surface area contributed by atoms with Gasteiger partial charge in [0.1, 0.15) is 11.6 Å². The number of aromatic nitrogens is 4. The Labute approximate surface area is 150 Å². The first-order valence-electron chi connectivity index (χ1n) is 8.03. The monoisotopic (exact) mass is 347 g/mol. The molecule has 1 amide bonds. The van der Waals surface area contributed by atoms with E-state index in [1.807, 2.05) is 19.1 Å². The van der Waals surface area contributed by atoms with E-state index < -0.39 is 0 Å². The van der Waals surface area contributed by atoms with Crippen molar-refractivity contribution in [1.29, 1.82) is 5.26 Å². The summed E-state index contributed by atoms with van der Waals surface area (Å²) in [6, 6.07) is 12.2. The number of hydrogen-bond acceptors (Lipinski definition) is 6. The van der Waals surface area contributed by atoms with Crippen molar-refractivity contribution in [2.24, 2.45) is 0 Å². The van der Waals surface area contributed by atoms with Crippen molar-refractivity contribution in [1.82, 2.24) is 25.1 Å². The second kappa shape index (κ2) is 7.90. The van der Waals surface area contributed by atoms with Gasteiger partial charge in [-0.05, 0) is 31.2 Å². The molecule has 0 aliphatic heterocycles. The first-order chi connectivity index (χ1) is 12.7. The maximum absolute atomic E-state index is 12.1. The van der Waals surface area contributed by atoms with Crippen molar-refractivity contribution in [2.45, 2.75) is 6.92 Å². The molecule has 0 saturated carbocycles. The van der Waals surface area contributed by atoms with Gasteiger partial charge in [0.25, 0.3) is 5.91 Å². The summed E-state index contributed by atoms with van der Waals surface area (Å²) in [5, 5.41) is 19.0. The molecule has 0 fully saturated rings. The number of nitrogens with one attached hydrogen (secondary N) is 2. The Morgan fingerprint density at radius 2 is 2.12 bits per heavy atom. The summed E-state index contributed by atoms with van der Waals surface area (Å²) in [4.78, 5) is 20.8. The topological polar surface area (TPSA) is 109 Å². The number of aryl methyl sites for hydroxylation is 1. The van der Waals surface area contributed by atoms with E-state index in [0.29, 0.717) is 41.7 Å². The van der Waals surface area contributed by atoms with Gasteiger partial charge in [0, 0.05) is 37.1 Å². The van der Waals surface area contributed by atoms with Crippen molar-refractivity contribution in [3.05, 3.63) is 65.7 Å². The third-order valence-electron chi connectivity index (χ3n) is 3.53. The smallest absolute Gasteiger partial charge is 0.251 e. The minimum atomic E-state index is -0.222. The van der Waals surface area contributed by atoms with Gasteiger partial charge in [-0.3, -0.25) is 4.79 Å². The van der Waals surface area contributed by atoms with Crippen LogP contribution in [0.1, 0.15) is 21.7 Å². The minimum Gasteiger partial charge on any atom is -0.368 e. The Balaban J connectivity index is 1.55. The van der Waals surface area contributed by atoms with E-state index in [-0.39, 0.29) is 5.91 Å². The number of carbonyl (C=O) groups is 1. The number of benzene rings is 1. The fraction of sp³-hybridized carbons (Fsp3) is 0.167. The molecule has 0 unspecified atom stereocenters. The van der Waals surface area contributed by atoms with E-state index in [0.717, 1.165) is 0 Å². The van der Waals surface area contributed by atoms with Crippen LogP contribution >= 0.6 is 0 Å². The van der Waals surface area contributed by atoms with Crippen molar-refractivity contribution in [3.8, 4) is 11.9 Å². The van der Waals surface area contributed by atoms with Crippen LogP contribution in [0.3, 0.4) is 0 Å². The predicted molar refractivity (Wildman–Crippen MR) is 95.9 cm³/mol. The zero-order chi connectivity index (χ0) is 18.4. The third kappa shape index (κ3) is 4.21. The van der Waals surface area contributed by atoms with Gasteiger partial charge in [-0.2, -0.15) is 10.4 Å². The molecule has 3 aromatic rings. The average Bonchev–Trinajstić information content (AvgIpc) is 3.19. The Hall–Kier alpha value is -3.73. The molecule has 3 rings (SSSR count). The highest BCUT2D eigenvalue weighted by Crippen LogP contribution is 2.10. The lowest BCUT2D eigenvalue weighted by atomic mass is 10.1. The summed E-state index contributed by atoms with van der Waals surface area (Å²) in [7, 11) is 0. The summed E-state index contributed by atoms with van der Waals surface area (Å²) >= 11 is 0. The van der Waals surface area contributed by atoms with Crippen LogP contribution in [0.4, 0.5) is 5.82 Å². The van der Waals surface area contributed by atoms with E-state index in [9.17, 15) is 4.79 Å². The molecule has 8 nitrogen and oxygen atoms in total.